The molecule has 4 aromatic rings. The average molecular weight is 695 g/mol. The zero-order valence-electron chi connectivity index (χ0n) is 21.2. The topological polar surface area (TPSA) is 143 Å². The van der Waals surface area contributed by atoms with Crippen molar-refractivity contribution in [3.05, 3.63) is 88.3 Å². The Hall–Kier alpha value is -3.31. The van der Waals surface area contributed by atoms with Gasteiger partial charge in [0.1, 0.15) is 30.4 Å². The Morgan fingerprint density at radius 2 is 1.45 bits per heavy atom. The summed E-state index contributed by atoms with van der Waals surface area (Å²) in [4.78, 5) is 0.0290. The summed E-state index contributed by atoms with van der Waals surface area (Å²) in [5.74, 6) is 1.51. The van der Waals surface area contributed by atoms with Crippen LogP contribution in [0, 0.1) is 3.57 Å². The van der Waals surface area contributed by atoms with Crippen molar-refractivity contribution in [2.45, 2.75) is 18.0 Å². The minimum absolute atomic E-state index is 0.0290. The minimum Gasteiger partial charge on any atom is -0.492 e. The molecule has 0 saturated heterocycles. The quantitative estimate of drug-likeness (QED) is 0.107. The van der Waals surface area contributed by atoms with E-state index in [2.05, 4.69) is 43.5 Å². The summed E-state index contributed by atoms with van der Waals surface area (Å²) in [6.45, 7) is 2.19. The molecule has 210 valence electrons. The van der Waals surface area contributed by atoms with Crippen molar-refractivity contribution in [3.8, 4) is 11.5 Å². The summed E-state index contributed by atoms with van der Waals surface area (Å²) in [5, 5.41) is 19.7. The Morgan fingerprint density at radius 3 is 2.08 bits per heavy atom. The van der Waals surface area contributed by atoms with Crippen molar-refractivity contribution in [3.63, 3.8) is 0 Å². The maximum absolute atomic E-state index is 11.4. The summed E-state index contributed by atoms with van der Waals surface area (Å²) in [7, 11) is -3.74. The predicted molar refractivity (Wildman–Crippen MR) is 164 cm³/mol. The van der Waals surface area contributed by atoms with Crippen LogP contribution in [0.5, 0.6) is 11.5 Å². The van der Waals surface area contributed by atoms with E-state index in [0.29, 0.717) is 49.5 Å². The Bertz CT molecular complexity index is 1500. The molecule has 0 aliphatic carbocycles. The lowest BCUT2D eigenvalue weighted by molar-refractivity contribution is 0.0869. The third kappa shape index (κ3) is 9.71. The van der Waals surface area contributed by atoms with Gasteiger partial charge >= 0.3 is 0 Å². The van der Waals surface area contributed by atoms with E-state index in [9.17, 15) is 8.42 Å². The van der Waals surface area contributed by atoms with Crippen molar-refractivity contribution in [1.29, 1.82) is 0 Å². The Morgan fingerprint density at radius 1 is 0.875 bits per heavy atom. The molecule has 4 rings (SSSR count). The molecule has 3 aromatic carbocycles. The Balaban J connectivity index is 1.12. The van der Waals surface area contributed by atoms with Crippen LogP contribution in [-0.4, -0.2) is 48.3 Å². The number of hydrogen-bond acceptors (Lipinski definition) is 8. The van der Waals surface area contributed by atoms with Crippen LogP contribution < -0.4 is 25.2 Å². The zero-order chi connectivity index (χ0) is 28.4. The van der Waals surface area contributed by atoms with E-state index in [1.165, 1.54) is 12.1 Å². The number of benzene rings is 3. The van der Waals surface area contributed by atoms with Gasteiger partial charge in [0, 0.05) is 14.9 Å². The van der Waals surface area contributed by atoms with E-state index in [0.717, 1.165) is 20.7 Å². The second-order valence-corrected chi connectivity index (χ2v) is 11.6. The number of rotatable bonds is 13. The largest absolute Gasteiger partial charge is 0.492 e. The molecule has 0 unspecified atom stereocenters. The molecule has 0 fully saturated rings. The number of aromatic nitrogens is 3. The molecule has 40 heavy (non-hydrogen) atoms. The van der Waals surface area contributed by atoms with Crippen molar-refractivity contribution in [2.75, 3.05) is 30.5 Å². The van der Waals surface area contributed by atoms with E-state index >= 15 is 0 Å². The van der Waals surface area contributed by atoms with Crippen LogP contribution in [0.15, 0.2) is 83.9 Å². The summed E-state index contributed by atoms with van der Waals surface area (Å²) >= 11 is 7.57. The van der Waals surface area contributed by atoms with E-state index in [1.807, 2.05) is 54.7 Å². The number of primary sulfonamides is 1. The van der Waals surface area contributed by atoms with Crippen molar-refractivity contribution < 1.29 is 22.6 Å². The molecule has 0 aliphatic rings. The molecule has 4 N–H and O–H groups in total. The van der Waals surface area contributed by atoms with E-state index in [-0.39, 0.29) is 4.90 Å². The molecule has 0 aliphatic heterocycles. The maximum Gasteiger partial charge on any atom is 0.238 e. The van der Waals surface area contributed by atoms with Gasteiger partial charge in [-0.05, 0) is 108 Å². The lowest BCUT2D eigenvalue weighted by Gasteiger charge is -2.12. The maximum atomic E-state index is 11.4. The van der Waals surface area contributed by atoms with E-state index < -0.39 is 10.0 Å². The lowest BCUT2D eigenvalue weighted by atomic mass is 10.3. The van der Waals surface area contributed by atoms with Crippen LogP contribution >= 0.6 is 34.8 Å². The number of thiocarbonyl (C=S) groups is 1. The summed E-state index contributed by atoms with van der Waals surface area (Å²) in [5.41, 5.74) is 2.12. The Labute approximate surface area is 251 Å². The van der Waals surface area contributed by atoms with Gasteiger partial charge in [-0.1, -0.05) is 5.21 Å². The third-order valence-corrected chi connectivity index (χ3v) is 7.14. The first-order valence-corrected chi connectivity index (χ1v) is 15.1. The highest BCUT2D eigenvalue weighted by molar-refractivity contribution is 14.1. The van der Waals surface area contributed by atoms with E-state index in [4.69, 9.17) is 31.6 Å². The molecule has 0 atom stereocenters. The van der Waals surface area contributed by atoms with Crippen molar-refractivity contribution >= 4 is 61.3 Å². The number of hydrogen-bond donors (Lipinski definition) is 3. The van der Waals surface area contributed by atoms with Gasteiger partial charge in [-0.3, -0.25) is 0 Å². The molecule has 0 saturated carbocycles. The second-order valence-electron chi connectivity index (χ2n) is 8.35. The minimum atomic E-state index is -3.74. The van der Waals surface area contributed by atoms with Crippen LogP contribution in [-0.2, 0) is 27.9 Å². The van der Waals surface area contributed by atoms with Crippen LogP contribution in [0.4, 0.5) is 11.4 Å². The molecule has 0 radical (unpaired) electrons. The standard InChI is InChI=1S/C26H27IN6O5S2/c27-19-1-7-23(8-2-19)38-16-15-36-18-22-17-33(32-31-22)13-14-37-24-9-3-20(4-10-24)29-26(39)30-21-5-11-25(12-6-21)40(28,34)35/h1-12,17H,13-16,18H2,(H2,28,34,35)(H2,29,30,39). The molecule has 11 nitrogen and oxygen atoms in total. The van der Waals surface area contributed by atoms with Gasteiger partial charge < -0.3 is 24.8 Å². The second kappa shape index (κ2) is 14.4. The first-order chi connectivity index (χ1) is 19.2. The SMILES string of the molecule is NS(=O)(=O)c1ccc(NC(=S)Nc2ccc(OCCn3cc(COCCOc4ccc(I)cc4)nn3)cc2)cc1. The van der Waals surface area contributed by atoms with Crippen LogP contribution in [0.3, 0.4) is 0 Å². The number of nitrogens with two attached hydrogens (primary N) is 1. The molecule has 1 aromatic heterocycles. The summed E-state index contributed by atoms with van der Waals surface area (Å²) in [6.07, 6.45) is 1.83. The molecule has 1 heterocycles. The normalized spacial score (nSPS) is 11.2. The van der Waals surface area contributed by atoms with Gasteiger partial charge in [0.25, 0.3) is 0 Å². The fourth-order valence-corrected chi connectivity index (χ4v) is 4.46. The molecular weight excluding hydrogens is 667 g/mol. The predicted octanol–water partition coefficient (Wildman–Crippen LogP) is 4.01. The molecule has 0 amide bonds. The monoisotopic (exact) mass is 694 g/mol. The van der Waals surface area contributed by atoms with Crippen molar-refractivity contribution in [1.82, 2.24) is 15.0 Å². The molecule has 14 heteroatoms. The Kier molecular flexibility index (Phi) is 10.7. The highest BCUT2D eigenvalue weighted by atomic mass is 127. The van der Waals surface area contributed by atoms with Gasteiger partial charge in [0.2, 0.25) is 10.0 Å². The van der Waals surface area contributed by atoms with Gasteiger partial charge in [-0.25, -0.2) is 18.2 Å². The fourth-order valence-electron chi connectivity index (χ4n) is 3.35. The van der Waals surface area contributed by atoms with Crippen LogP contribution in [0.1, 0.15) is 5.69 Å². The molecule has 0 spiro atoms. The first kappa shape index (κ1) is 29.7. The van der Waals surface area contributed by atoms with Gasteiger partial charge in [0.15, 0.2) is 5.11 Å². The summed E-state index contributed by atoms with van der Waals surface area (Å²) < 4.78 is 42.7. The smallest absolute Gasteiger partial charge is 0.238 e. The number of sulfonamides is 1. The van der Waals surface area contributed by atoms with E-state index in [1.54, 1.807) is 16.8 Å². The van der Waals surface area contributed by atoms with Gasteiger partial charge in [0.05, 0.1) is 30.9 Å². The number of halogens is 1. The highest BCUT2D eigenvalue weighted by Crippen LogP contribution is 2.17. The highest BCUT2D eigenvalue weighted by Gasteiger charge is 2.08. The third-order valence-electron chi connectivity index (χ3n) is 5.29. The zero-order valence-corrected chi connectivity index (χ0v) is 25.0. The van der Waals surface area contributed by atoms with Gasteiger partial charge in [-0.15, -0.1) is 5.10 Å². The average Bonchev–Trinajstić information content (AvgIpc) is 3.38. The molecular formula is C26H27IN6O5S2. The van der Waals surface area contributed by atoms with Crippen LogP contribution in [0.25, 0.3) is 0 Å². The fraction of sp³-hybridized carbons (Fsp3) is 0.192. The van der Waals surface area contributed by atoms with Crippen molar-refractivity contribution in [2.24, 2.45) is 5.14 Å². The number of anilines is 2. The number of ether oxygens (including phenoxy) is 3. The molecule has 0 bridgehead atoms. The van der Waals surface area contributed by atoms with Crippen LogP contribution in [0.2, 0.25) is 0 Å². The number of nitrogens with one attached hydrogen (secondary N) is 2. The summed E-state index contributed by atoms with van der Waals surface area (Å²) in [6, 6.07) is 21.1. The van der Waals surface area contributed by atoms with Gasteiger partial charge in [-0.2, -0.15) is 0 Å². The first-order valence-electron chi connectivity index (χ1n) is 12.0. The number of nitrogens with zero attached hydrogens (tertiary/aromatic N) is 3. The lowest BCUT2D eigenvalue weighted by Crippen LogP contribution is -2.19.